The fraction of sp³-hybridized carbons (Fsp3) is 0.600. The van der Waals surface area contributed by atoms with E-state index in [1.54, 1.807) is 0 Å². The van der Waals surface area contributed by atoms with Gasteiger partial charge in [0.2, 0.25) is 11.8 Å². The molecule has 7 heteroatoms. The van der Waals surface area contributed by atoms with Gasteiger partial charge >= 0.3 is 0 Å². The Morgan fingerprint density at radius 1 is 1.00 bits per heavy atom. The smallest absolute Gasteiger partial charge is 0.238 e. The van der Waals surface area contributed by atoms with Gasteiger partial charge in [0, 0.05) is 41.9 Å². The van der Waals surface area contributed by atoms with Crippen molar-refractivity contribution >= 4 is 35.0 Å². The van der Waals surface area contributed by atoms with Crippen LogP contribution in [0.15, 0.2) is 24.3 Å². The lowest BCUT2D eigenvalue weighted by Crippen LogP contribution is -2.39. The zero-order valence-corrected chi connectivity index (χ0v) is 16.7. The first-order valence-electron chi connectivity index (χ1n) is 9.92. The van der Waals surface area contributed by atoms with Crippen LogP contribution < -0.4 is 16.0 Å². The monoisotopic (exact) mass is 390 g/mol. The maximum absolute atomic E-state index is 12.2. The van der Waals surface area contributed by atoms with E-state index < -0.39 is 0 Å². The van der Waals surface area contributed by atoms with Crippen LogP contribution in [-0.2, 0) is 9.59 Å². The summed E-state index contributed by atoms with van der Waals surface area (Å²) in [6.07, 6.45) is 5.37. The number of hydrogen-bond acceptors (Lipinski definition) is 5. The Bertz CT molecular complexity index is 609. The van der Waals surface area contributed by atoms with E-state index in [0.29, 0.717) is 13.0 Å². The number of nitrogens with zero attached hydrogens (tertiary/aromatic N) is 1. The summed E-state index contributed by atoms with van der Waals surface area (Å²) < 4.78 is 0. The zero-order chi connectivity index (χ0) is 18.9. The number of nitrogens with one attached hydrogen (secondary N) is 3. The molecular formula is C20H30N4O2S. The molecule has 3 N–H and O–H groups in total. The van der Waals surface area contributed by atoms with E-state index in [1.807, 2.05) is 36.0 Å². The van der Waals surface area contributed by atoms with Gasteiger partial charge in [0.15, 0.2) is 0 Å². The number of rotatable bonds is 6. The molecule has 148 valence electrons. The fourth-order valence-corrected chi connectivity index (χ4v) is 4.47. The highest BCUT2D eigenvalue weighted by Crippen LogP contribution is 2.16. The number of hydrogen-bond donors (Lipinski definition) is 3. The normalized spacial score (nSPS) is 21.3. The molecule has 0 aliphatic carbocycles. The molecule has 2 amide bonds. The highest BCUT2D eigenvalue weighted by Gasteiger charge is 2.17. The molecule has 0 bridgehead atoms. The standard InChI is InChI=1S/C20H30N4O2S/c25-19(13-18-15-27-12-9-21-18)22-16-5-7-17(8-6-16)23-20(26)14-24-10-3-1-2-4-11-24/h5-8,18,21H,1-4,9-15H2,(H,22,25)(H,23,26). The zero-order valence-electron chi connectivity index (χ0n) is 15.8. The second-order valence-electron chi connectivity index (χ2n) is 7.29. The second-order valence-corrected chi connectivity index (χ2v) is 8.44. The third-order valence-corrected chi connectivity index (χ3v) is 6.08. The van der Waals surface area contributed by atoms with Crippen molar-refractivity contribution in [1.82, 2.24) is 10.2 Å². The van der Waals surface area contributed by atoms with Crippen LogP contribution in [0.3, 0.4) is 0 Å². The van der Waals surface area contributed by atoms with Crippen LogP contribution in [-0.4, -0.2) is 60.4 Å². The maximum atomic E-state index is 12.2. The number of carbonyl (C=O) groups is 2. The lowest BCUT2D eigenvalue weighted by atomic mass is 10.2. The summed E-state index contributed by atoms with van der Waals surface area (Å²) in [5, 5.41) is 9.25. The molecule has 2 saturated heterocycles. The summed E-state index contributed by atoms with van der Waals surface area (Å²) >= 11 is 1.89. The van der Waals surface area contributed by atoms with E-state index >= 15 is 0 Å². The Kier molecular flexibility index (Phi) is 7.98. The van der Waals surface area contributed by atoms with E-state index in [9.17, 15) is 9.59 Å². The third-order valence-electron chi connectivity index (χ3n) is 4.95. The number of carbonyl (C=O) groups excluding carboxylic acids is 2. The van der Waals surface area contributed by atoms with Gasteiger partial charge in [-0.2, -0.15) is 11.8 Å². The maximum Gasteiger partial charge on any atom is 0.238 e. The van der Waals surface area contributed by atoms with Gasteiger partial charge in [0.05, 0.1) is 6.54 Å². The Labute approximate surface area is 165 Å². The van der Waals surface area contributed by atoms with Gasteiger partial charge in [-0.05, 0) is 50.2 Å². The van der Waals surface area contributed by atoms with Gasteiger partial charge in [-0.1, -0.05) is 12.8 Å². The van der Waals surface area contributed by atoms with Gasteiger partial charge in [-0.15, -0.1) is 0 Å². The van der Waals surface area contributed by atoms with Crippen LogP contribution in [0.25, 0.3) is 0 Å². The molecule has 1 atom stereocenters. The average molecular weight is 391 g/mol. The van der Waals surface area contributed by atoms with E-state index in [4.69, 9.17) is 0 Å². The summed E-state index contributed by atoms with van der Waals surface area (Å²) in [7, 11) is 0. The van der Waals surface area contributed by atoms with Crippen LogP contribution >= 0.6 is 11.8 Å². The molecule has 27 heavy (non-hydrogen) atoms. The predicted octanol–water partition coefficient (Wildman–Crippen LogP) is 2.53. The highest BCUT2D eigenvalue weighted by atomic mass is 32.2. The van der Waals surface area contributed by atoms with Crippen LogP contribution in [0.1, 0.15) is 32.1 Å². The largest absolute Gasteiger partial charge is 0.326 e. The summed E-state index contributed by atoms with van der Waals surface area (Å²) in [4.78, 5) is 26.6. The molecule has 1 aromatic rings. The molecule has 0 radical (unpaired) electrons. The lowest BCUT2D eigenvalue weighted by molar-refractivity contribution is -0.117. The molecule has 6 nitrogen and oxygen atoms in total. The Balaban J connectivity index is 1.42. The summed E-state index contributed by atoms with van der Waals surface area (Å²) in [5.41, 5.74) is 1.52. The first-order chi connectivity index (χ1) is 13.2. The molecule has 2 fully saturated rings. The van der Waals surface area contributed by atoms with Gasteiger partial charge in [0.1, 0.15) is 0 Å². The van der Waals surface area contributed by atoms with Gasteiger partial charge in [-0.3, -0.25) is 14.5 Å². The minimum Gasteiger partial charge on any atom is -0.326 e. The van der Waals surface area contributed by atoms with Crippen molar-refractivity contribution in [2.75, 3.05) is 48.3 Å². The quantitative estimate of drug-likeness (QED) is 0.696. The van der Waals surface area contributed by atoms with E-state index in [-0.39, 0.29) is 17.9 Å². The van der Waals surface area contributed by atoms with Crippen molar-refractivity contribution in [3.8, 4) is 0 Å². The molecular weight excluding hydrogens is 360 g/mol. The molecule has 2 aliphatic heterocycles. The van der Waals surface area contributed by atoms with Crippen molar-refractivity contribution in [3.63, 3.8) is 0 Å². The topological polar surface area (TPSA) is 73.5 Å². The van der Waals surface area contributed by atoms with Crippen LogP contribution in [0, 0.1) is 0 Å². The summed E-state index contributed by atoms with van der Waals surface area (Å²) in [6.45, 7) is 3.43. The lowest BCUT2D eigenvalue weighted by Gasteiger charge is -2.22. The fourth-order valence-electron chi connectivity index (χ4n) is 3.52. The highest BCUT2D eigenvalue weighted by molar-refractivity contribution is 7.99. The first-order valence-corrected chi connectivity index (χ1v) is 11.1. The minimum absolute atomic E-state index is 0.0212. The number of benzene rings is 1. The van der Waals surface area contributed by atoms with Crippen molar-refractivity contribution in [2.24, 2.45) is 0 Å². The molecule has 1 aromatic carbocycles. The SMILES string of the molecule is O=C(CC1CSCCN1)Nc1ccc(NC(=O)CN2CCCCCC2)cc1. The number of amides is 2. The molecule has 0 spiro atoms. The molecule has 2 heterocycles. The first kappa shape index (κ1) is 20.2. The van der Waals surface area contributed by atoms with Crippen molar-refractivity contribution in [1.29, 1.82) is 0 Å². The van der Waals surface area contributed by atoms with Crippen LogP contribution in [0.5, 0.6) is 0 Å². The molecule has 3 rings (SSSR count). The van der Waals surface area contributed by atoms with E-state index in [2.05, 4.69) is 20.9 Å². The number of likely N-dealkylation sites (tertiary alicyclic amines) is 1. The Hall–Kier alpha value is -1.57. The summed E-state index contributed by atoms with van der Waals surface area (Å²) in [5.74, 6) is 2.14. The van der Waals surface area contributed by atoms with Crippen LogP contribution in [0.4, 0.5) is 11.4 Å². The van der Waals surface area contributed by atoms with Crippen LogP contribution in [0.2, 0.25) is 0 Å². The van der Waals surface area contributed by atoms with Gasteiger partial charge in [0.25, 0.3) is 0 Å². The minimum atomic E-state index is 0.0212. The van der Waals surface area contributed by atoms with Gasteiger partial charge in [-0.25, -0.2) is 0 Å². The Morgan fingerprint density at radius 2 is 1.63 bits per heavy atom. The number of anilines is 2. The second kappa shape index (κ2) is 10.7. The van der Waals surface area contributed by atoms with Crippen molar-refractivity contribution < 1.29 is 9.59 Å². The third kappa shape index (κ3) is 7.16. The molecule has 1 unspecified atom stereocenters. The number of thioether (sulfide) groups is 1. The molecule has 2 aliphatic rings. The molecule has 0 saturated carbocycles. The van der Waals surface area contributed by atoms with Crippen molar-refractivity contribution in [2.45, 2.75) is 38.1 Å². The van der Waals surface area contributed by atoms with E-state index in [0.717, 1.165) is 42.5 Å². The predicted molar refractivity (Wildman–Crippen MR) is 112 cm³/mol. The molecule has 0 aromatic heterocycles. The summed E-state index contributed by atoms with van der Waals surface area (Å²) in [6, 6.07) is 7.60. The van der Waals surface area contributed by atoms with E-state index in [1.165, 1.54) is 25.7 Å². The Morgan fingerprint density at radius 3 is 2.22 bits per heavy atom. The van der Waals surface area contributed by atoms with Gasteiger partial charge < -0.3 is 16.0 Å². The average Bonchev–Trinajstić information content (AvgIpc) is 2.93. The van der Waals surface area contributed by atoms with Crippen molar-refractivity contribution in [3.05, 3.63) is 24.3 Å².